The van der Waals surface area contributed by atoms with Crippen LogP contribution in [0.5, 0.6) is 0 Å². The SMILES string of the molecule is N/N=N/N=N/N=N/N=N/N=N/N=N/N=N/N. The average Bonchev–Trinajstić information content (AvgIpc) is 2.31. The molecule has 4 N–H and O–H groups in total. The van der Waals surface area contributed by atoms with Gasteiger partial charge in [-0.1, -0.05) is 10.4 Å². The van der Waals surface area contributed by atoms with Gasteiger partial charge in [-0.05, 0) is 62.7 Å². The highest BCUT2D eigenvalue weighted by molar-refractivity contribution is 4.12. The van der Waals surface area contributed by atoms with E-state index in [9.17, 15) is 0 Å². The van der Waals surface area contributed by atoms with Gasteiger partial charge in [0.25, 0.3) is 0 Å². The Kier molecular flexibility index (Phi) is 9.44. The van der Waals surface area contributed by atoms with Crippen molar-refractivity contribution in [3.05, 3.63) is 0 Å². The molecule has 0 aliphatic carbocycles. The fraction of sp³-hybridized carbons (Fsp3) is 0. The van der Waals surface area contributed by atoms with Gasteiger partial charge in [0.2, 0.25) is 0 Å². The van der Waals surface area contributed by atoms with Crippen LogP contribution < -0.4 is 11.7 Å². The zero-order chi connectivity index (χ0) is 11.9. The number of nitrogens with zero attached hydrogens (tertiary/aromatic N) is 14. The van der Waals surface area contributed by atoms with E-state index >= 15 is 0 Å². The lowest BCUT2D eigenvalue weighted by molar-refractivity contribution is 0.747. The third-order valence-corrected chi connectivity index (χ3v) is 0.543. The molecule has 0 bridgehead atoms. The van der Waals surface area contributed by atoms with Crippen LogP contribution in [0.1, 0.15) is 0 Å². The Morgan fingerprint density at radius 3 is 0.688 bits per heavy atom. The minimum Gasteiger partial charge on any atom is -0.303 e. The highest BCUT2D eigenvalue weighted by atomic mass is 15.7. The van der Waals surface area contributed by atoms with Gasteiger partial charge >= 0.3 is 0 Å². The van der Waals surface area contributed by atoms with Gasteiger partial charge in [-0.15, -0.1) is 0 Å². The molecule has 0 aliphatic heterocycles. The number of hydrogen-bond acceptors (Lipinski definition) is 2. The van der Waals surface area contributed by atoms with Crippen LogP contribution in [-0.2, 0) is 0 Å². The van der Waals surface area contributed by atoms with Gasteiger partial charge in [-0.3, -0.25) is 0 Å². The molecular formula is H4N16. The van der Waals surface area contributed by atoms with Crippen LogP contribution in [-0.4, -0.2) is 0 Å². The molecule has 0 spiro atoms. The Hall–Kier alpha value is -3.20. The van der Waals surface area contributed by atoms with Crippen LogP contribution in [0.2, 0.25) is 0 Å². The summed E-state index contributed by atoms with van der Waals surface area (Å²) in [6, 6.07) is 0. The molecule has 0 radical (unpaired) electrons. The van der Waals surface area contributed by atoms with Crippen molar-refractivity contribution in [1.82, 2.24) is 0 Å². The summed E-state index contributed by atoms with van der Waals surface area (Å²) < 4.78 is 0. The molecule has 0 atom stereocenters. The molecule has 0 aromatic heterocycles. The second kappa shape index (κ2) is 11.8. The summed E-state index contributed by atoms with van der Waals surface area (Å²) in [5, 5.41) is 40.8. The molecule has 0 amide bonds. The molecule has 16 heteroatoms. The molecule has 0 heterocycles. The smallest absolute Gasteiger partial charge is 0.0000000000000940 e. The summed E-state index contributed by atoms with van der Waals surface area (Å²) in [4.78, 5) is 0. The van der Waals surface area contributed by atoms with Crippen LogP contribution in [0, 0.1) is 0 Å². The average molecular weight is 228 g/mol. The van der Waals surface area contributed by atoms with Crippen LogP contribution in [0.4, 0.5) is 0 Å². The standard InChI is InChI=1S/H4N16/c1-3-5-7-9-11-13-15-16-14-12-10-8-6-4-2/h(H2,1,4,5,8,9,12,13,16)(H2,2,3,6,7,10,11,14,15). The molecule has 0 fully saturated rings. The summed E-state index contributed by atoms with van der Waals surface area (Å²) in [7, 11) is 0. The lowest BCUT2D eigenvalue weighted by Gasteiger charge is -1.69. The third kappa shape index (κ3) is 10.8. The molecule has 0 aliphatic rings. The molecule has 16 heavy (non-hydrogen) atoms. The van der Waals surface area contributed by atoms with E-state index in [2.05, 4.69) is 84.8 Å². The van der Waals surface area contributed by atoms with E-state index in [0.717, 1.165) is 0 Å². The third-order valence-electron chi connectivity index (χ3n) is 0.543. The zero-order valence-corrected chi connectivity index (χ0v) is 7.42. The predicted octanol–water partition coefficient (Wildman–Crippen LogP) is 1.39. The van der Waals surface area contributed by atoms with Crippen LogP contribution >= 0.6 is 0 Å². The Labute approximate surface area is 85.9 Å². The van der Waals surface area contributed by atoms with Crippen molar-refractivity contribution in [1.29, 1.82) is 0 Å². The topological polar surface area (TPSA) is 225 Å². The largest absolute Gasteiger partial charge is 0.303 e. The van der Waals surface area contributed by atoms with Gasteiger partial charge in [0.15, 0.2) is 0 Å². The summed E-state index contributed by atoms with van der Waals surface area (Å²) in [6.07, 6.45) is 0. The normalized spacial score (nSPS) is 14.2. The van der Waals surface area contributed by atoms with Crippen molar-refractivity contribution >= 4 is 0 Å². The minimum atomic E-state index is 2.75. The molecule has 0 unspecified atom stereocenters. The maximum atomic E-state index is 4.58. The van der Waals surface area contributed by atoms with Gasteiger partial charge < -0.3 is 11.7 Å². The van der Waals surface area contributed by atoms with E-state index in [1.165, 1.54) is 0 Å². The van der Waals surface area contributed by atoms with Gasteiger partial charge in [0.1, 0.15) is 0 Å². The van der Waals surface area contributed by atoms with Crippen LogP contribution in [0.15, 0.2) is 73.1 Å². The van der Waals surface area contributed by atoms with E-state index in [0.29, 0.717) is 0 Å². The highest BCUT2D eigenvalue weighted by Gasteiger charge is 1.69. The van der Waals surface area contributed by atoms with E-state index in [-0.39, 0.29) is 0 Å². The van der Waals surface area contributed by atoms with Crippen molar-refractivity contribution < 1.29 is 0 Å². The van der Waals surface area contributed by atoms with E-state index in [4.69, 9.17) is 0 Å². The highest BCUT2D eigenvalue weighted by Crippen LogP contribution is 1.87. The van der Waals surface area contributed by atoms with Gasteiger partial charge in [-0.25, -0.2) is 0 Å². The second-order valence-corrected chi connectivity index (χ2v) is 1.30. The first-order valence-corrected chi connectivity index (χ1v) is 3.12. The van der Waals surface area contributed by atoms with E-state index < -0.39 is 0 Å². The zero-order valence-electron chi connectivity index (χ0n) is 7.42. The predicted molar refractivity (Wildman–Crippen MR) is 42.4 cm³/mol. The minimum absolute atomic E-state index is 2.75. The maximum Gasteiger partial charge on any atom is -0.0000000000000940 e. The lowest BCUT2D eigenvalue weighted by atomic mass is 12.3. The van der Waals surface area contributed by atoms with Gasteiger partial charge in [0, 0.05) is 0 Å². The summed E-state index contributed by atoms with van der Waals surface area (Å²) >= 11 is 0. The summed E-state index contributed by atoms with van der Waals surface area (Å²) in [6.45, 7) is 0. The van der Waals surface area contributed by atoms with Crippen LogP contribution in [0.25, 0.3) is 0 Å². The first kappa shape index (κ1) is 12.8. The fourth-order valence-corrected chi connectivity index (χ4v) is 0.225. The molecule has 0 saturated carbocycles. The molecule has 0 rings (SSSR count). The molecule has 16 nitrogen and oxygen atoms in total. The maximum absolute atomic E-state index is 4.58. The number of hydrogen-bond donors (Lipinski definition) is 2. The Morgan fingerprint density at radius 1 is 0.312 bits per heavy atom. The molecule has 0 saturated heterocycles. The first-order chi connectivity index (χ1) is 7.91. The molecule has 84 valence electrons. The Balaban J connectivity index is 3.76. The number of rotatable bonds is 6. The van der Waals surface area contributed by atoms with E-state index in [1.807, 2.05) is 0 Å². The van der Waals surface area contributed by atoms with Crippen molar-refractivity contribution in [3.8, 4) is 0 Å². The summed E-state index contributed by atoms with van der Waals surface area (Å²) in [5.41, 5.74) is 0. The first-order valence-electron chi connectivity index (χ1n) is 3.12. The Morgan fingerprint density at radius 2 is 0.500 bits per heavy atom. The monoisotopic (exact) mass is 228 g/mol. The number of nitrogens with two attached hydrogens (primary N) is 2. The van der Waals surface area contributed by atoms with Gasteiger partial charge in [-0.2, -0.15) is 0 Å². The van der Waals surface area contributed by atoms with Crippen molar-refractivity contribution in [2.75, 3.05) is 0 Å². The van der Waals surface area contributed by atoms with Crippen molar-refractivity contribution in [3.63, 3.8) is 0 Å². The van der Waals surface area contributed by atoms with E-state index in [1.54, 1.807) is 0 Å². The van der Waals surface area contributed by atoms with Crippen LogP contribution in [0.3, 0.4) is 0 Å². The second-order valence-electron chi connectivity index (χ2n) is 1.30. The van der Waals surface area contributed by atoms with Crippen molar-refractivity contribution in [2.24, 2.45) is 84.8 Å². The molecule has 0 aromatic carbocycles. The van der Waals surface area contributed by atoms with Gasteiger partial charge in [0.05, 0.1) is 0 Å². The quantitative estimate of drug-likeness (QED) is 0.390. The van der Waals surface area contributed by atoms with Crippen molar-refractivity contribution in [2.45, 2.75) is 0 Å². The Bertz CT molecular complexity index is 297. The molecular weight excluding hydrogens is 224 g/mol. The summed E-state index contributed by atoms with van der Waals surface area (Å²) in [5.74, 6) is 9.16. The molecule has 0 aromatic rings. The fourth-order valence-electron chi connectivity index (χ4n) is 0.225. The lowest BCUT2D eigenvalue weighted by Crippen LogP contribution is -1.70.